The number of aliphatic hydroxyl groups excluding tert-OH is 1. The lowest BCUT2D eigenvalue weighted by molar-refractivity contribution is -0.137. The van der Waals surface area contributed by atoms with Crippen molar-refractivity contribution in [3.8, 4) is 0 Å². The molecule has 2 heterocycles. The molecule has 2 aliphatic rings. The molecule has 0 saturated carbocycles. The molecule has 108 valence electrons. The zero-order chi connectivity index (χ0) is 14.0. The summed E-state index contributed by atoms with van der Waals surface area (Å²) in [5.41, 5.74) is 0. The number of aliphatic hydroxyl groups is 1. The van der Waals surface area contributed by atoms with Crippen molar-refractivity contribution in [2.45, 2.75) is 39.2 Å². The summed E-state index contributed by atoms with van der Waals surface area (Å²) in [5, 5.41) is 9.28. The first-order chi connectivity index (χ1) is 9.02. The van der Waals surface area contributed by atoms with Gasteiger partial charge in [0.1, 0.15) is 0 Å². The van der Waals surface area contributed by atoms with Gasteiger partial charge in [-0.2, -0.15) is 0 Å². The number of hydrogen-bond donors (Lipinski definition) is 1. The number of likely N-dealkylation sites (tertiary alicyclic amines) is 2. The first kappa shape index (κ1) is 14.3. The third kappa shape index (κ3) is 3.08. The largest absolute Gasteiger partial charge is 0.394 e. The van der Waals surface area contributed by atoms with E-state index in [2.05, 4.69) is 13.8 Å². The predicted molar refractivity (Wildman–Crippen MR) is 71.3 cm³/mol. The van der Waals surface area contributed by atoms with Crippen LogP contribution in [0.25, 0.3) is 0 Å². The molecule has 2 aliphatic heterocycles. The number of rotatable bonds is 4. The van der Waals surface area contributed by atoms with Gasteiger partial charge in [0, 0.05) is 26.1 Å². The normalized spacial score (nSPS) is 27.7. The zero-order valence-corrected chi connectivity index (χ0v) is 11.8. The highest BCUT2D eigenvalue weighted by molar-refractivity contribution is 5.89. The van der Waals surface area contributed by atoms with Crippen LogP contribution in [0.3, 0.4) is 0 Å². The maximum Gasteiger partial charge on any atom is 0.228 e. The third-order valence-electron chi connectivity index (χ3n) is 4.02. The van der Waals surface area contributed by atoms with Gasteiger partial charge in [-0.15, -0.1) is 0 Å². The van der Waals surface area contributed by atoms with E-state index in [0.717, 1.165) is 25.9 Å². The van der Waals surface area contributed by atoms with Gasteiger partial charge in [0.2, 0.25) is 11.8 Å². The molecule has 1 unspecified atom stereocenters. The van der Waals surface area contributed by atoms with Crippen LogP contribution >= 0.6 is 0 Å². The van der Waals surface area contributed by atoms with Crippen LogP contribution in [0.1, 0.15) is 33.1 Å². The van der Waals surface area contributed by atoms with Crippen molar-refractivity contribution in [3.63, 3.8) is 0 Å². The lowest BCUT2D eigenvalue weighted by atomic mass is 10.1. The average molecular weight is 268 g/mol. The SMILES string of the molecule is CC(C)CN1CC(C(=O)N2CCC[C@@H]2CO)CC1=O. The van der Waals surface area contributed by atoms with Gasteiger partial charge in [-0.3, -0.25) is 9.59 Å². The molecule has 5 nitrogen and oxygen atoms in total. The van der Waals surface area contributed by atoms with E-state index in [0.29, 0.717) is 18.9 Å². The van der Waals surface area contributed by atoms with Crippen molar-refractivity contribution in [3.05, 3.63) is 0 Å². The van der Waals surface area contributed by atoms with Gasteiger partial charge in [-0.1, -0.05) is 13.8 Å². The molecule has 2 atom stereocenters. The van der Waals surface area contributed by atoms with E-state index in [1.54, 1.807) is 9.80 Å². The fourth-order valence-electron chi connectivity index (χ4n) is 3.10. The highest BCUT2D eigenvalue weighted by Gasteiger charge is 2.39. The van der Waals surface area contributed by atoms with E-state index >= 15 is 0 Å². The van der Waals surface area contributed by atoms with Crippen molar-refractivity contribution in [1.82, 2.24) is 9.80 Å². The Balaban J connectivity index is 1.96. The van der Waals surface area contributed by atoms with Gasteiger partial charge in [0.05, 0.1) is 18.6 Å². The summed E-state index contributed by atoms with van der Waals surface area (Å²) in [4.78, 5) is 27.9. The monoisotopic (exact) mass is 268 g/mol. The summed E-state index contributed by atoms with van der Waals surface area (Å²) >= 11 is 0. The number of amides is 2. The lowest BCUT2D eigenvalue weighted by Gasteiger charge is -2.26. The molecule has 19 heavy (non-hydrogen) atoms. The minimum Gasteiger partial charge on any atom is -0.394 e. The maximum atomic E-state index is 12.4. The van der Waals surface area contributed by atoms with Gasteiger partial charge in [0.25, 0.3) is 0 Å². The lowest BCUT2D eigenvalue weighted by Crippen LogP contribution is -2.42. The Bertz CT molecular complexity index is 357. The summed E-state index contributed by atoms with van der Waals surface area (Å²) in [6.45, 7) is 6.17. The molecule has 0 aromatic rings. The van der Waals surface area contributed by atoms with Crippen molar-refractivity contribution < 1.29 is 14.7 Å². The van der Waals surface area contributed by atoms with E-state index < -0.39 is 0 Å². The summed E-state index contributed by atoms with van der Waals surface area (Å²) in [5.74, 6) is 0.358. The summed E-state index contributed by atoms with van der Waals surface area (Å²) < 4.78 is 0. The Morgan fingerprint density at radius 3 is 2.84 bits per heavy atom. The van der Waals surface area contributed by atoms with E-state index in [1.807, 2.05) is 0 Å². The Hall–Kier alpha value is -1.10. The van der Waals surface area contributed by atoms with Crippen LogP contribution in [0.2, 0.25) is 0 Å². The second-order valence-corrected chi connectivity index (χ2v) is 6.10. The van der Waals surface area contributed by atoms with Crippen LogP contribution in [0, 0.1) is 11.8 Å². The van der Waals surface area contributed by atoms with Crippen LogP contribution in [0.5, 0.6) is 0 Å². The molecule has 0 radical (unpaired) electrons. The maximum absolute atomic E-state index is 12.4. The van der Waals surface area contributed by atoms with Crippen LogP contribution in [-0.2, 0) is 9.59 Å². The van der Waals surface area contributed by atoms with E-state index in [-0.39, 0.29) is 30.4 Å². The number of nitrogens with zero attached hydrogens (tertiary/aromatic N) is 2. The molecule has 2 amide bonds. The molecule has 0 aliphatic carbocycles. The van der Waals surface area contributed by atoms with Crippen molar-refractivity contribution >= 4 is 11.8 Å². The first-order valence-electron chi connectivity index (χ1n) is 7.22. The van der Waals surface area contributed by atoms with Gasteiger partial charge >= 0.3 is 0 Å². The van der Waals surface area contributed by atoms with Gasteiger partial charge < -0.3 is 14.9 Å². The Morgan fingerprint density at radius 1 is 1.47 bits per heavy atom. The molecule has 0 aromatic carbocycles. The second kappa shape index (κ2) is 5.90. The molecule has 2 saturated heterocycles. The summed E-state index contributed by atoms with van der Waals surface area (Å²) in [6, 6.07) is -0.0400. The van der Waals surface area contributed by atoms with Crippen LogP contribution in [-0.4, -0.2) is 59.0 Å². The molecule has 0 aromatic heterocycles. The minimum atomic E-state index is -0.210. The van der Waals surface area contributed by atoms with Crippen LogP contribution in [0.4, 0.5) is 0 Å². The standard InChI is InChI=1S/C14H24N2O3/c1-10(2)7-15-8-11(6-13(15)18)14(19)16-5-3-4-12(16)9-17/h10-12,17H,3-9H2,1-2H3/t11?,12-/m1/s1. The van der Waals surface area contributed by atoms with E-state index in [9.17, 15) is 14.7 Å². The molecule has 0 bridgehead atoms. The highest BCUT2D eigenvalue weighted by atomic mass is 16.3. The first-order valence-corrected chi connectivity index (χ1v) is 7.22. The second-order valence-electron chi connectivity index (χ2n) is 6.10. The van der Waals surface area contributed by atoms with Crippen molar-refractivity contribution in [1.29, 1.82) is 0 Å². The van der Waals surface area contributed by atoms with Crippen molar-refractivity contribution in [2.24, 2.45) is 11.8 Å². The van der Waals surface area contributed by atoms with E-state index in [1.165, 1.54) is 0 Å². The summed E-state index contributed by atoms with van der Waals surface area (Å²) in [6.07, 6.45) is 2.16. The quantitative estimate of drug-likeness (QED) is 0.806. The Labute approximate surface area is 114 Å². The number of carbonyl (C=O) groups is 2. The number of carbonyl (C=O) groups excluding carboxylic acids is 2. The van der Waals surface area contributed by atoms with Crippen LogP contribution in [0.15, 0.2) is 0 Å². The molecule has 5 heteroatoms. The van der Waals surface area contributed by atoms with Gasteiger partial charge in [-0.25, -0.2) is 0 Å². The predicted octanol–water partition coefficient (Wildman–Crippen LogP) is 0.474. The van der Waals surface area contributed by atoms with Crippen molar-refractivity contribution in [2.75, 3.05) is 26.2 Å². The molecule has 2 fully saturated rings. The molecular formula is C14H24N2O3. The molecule has 2 rings (SSSR count). The van der Waals surface area contributed by atoms with Gasteiger partial charge in [-0.05, 0) is 18.8 Å². The Kier molecular flexibility index (Phi) is 4.45. The molecule has 0 spiro atoms. The zero-order valence-electron chi connectivity index (χ0n) is 11.8. The molecular weight excluding hydrogens is 244 g/mol. The smallest absolute Gasteiger partial charge is 0.228 e. The fraction of sp³-hybridized carbons (Fsp3) is 0.857. The fourth-order valence-corrected chi connectivity index (χ4v) is 3.10. The number of hydrogen-bond acceptors (Lipinski definition) is 3. The summed E-state index contributed by atoms with van der Waals surface area (Å²) in [7, 11) is 0. The highest BCUT2D eigenvalue weighted by Crippen LogP contribution is 2.25. The topological polar surface area (TPSA) is 60.9 Å². The minimum absolute atomic E-state index is 0.0299. The van der Waals surface area contributed by atoms with Crippen LogP contribution < -0.4 is 0 Å². The van der Waals surface area contributed by atoms with E-state index in [4.69, 9.17) is 0 Å². The Morgan fingerprint density at radius 2 is 2.21 bits per heavy atom. The van der Waals surface area contributed by atoms with Gasteiger partial charge in [0.15, 0.2) is 0 Å². The molecule has 1 N–H and O–H groups in total. The average Bonchev–Trinajstić information content (AvgIpc) is 2.95. The third-order valence-corrected chi connectivity index (χ3v) is 4.02.